The smallest absolute Gasteiger partial charge is 0.387 e. The molecule has 1 fully saturated rings. The summed E-state index contributed by atoms with van der Waals surface area (Å²) in [6, 6.07) is 6.18. The first-order chi connectivity index (χ1) is 8.65. The van der Waals surface area contributed by atoms with Gasteiger partial charge in [0.25, 0.3) is 0 Å². The first-order valence-corrected chi connectivity index (χ1v) is 6.04. The summed E-state index contributed by atoms with van der Waals surface area (Å²) in [4.78, 5) is 4.31. The number of ether oxygens (including phenoxy) is 1. The molecule has 0 heterocycles. The molecular formula is C13H16F2N2O. The van der Waals surface area contributed by atoms with E-state index in [-0.39, 0.29) is 5.75 Å². The van der Waals surface area contributed by atoms with Crippen LogP contribution in [0.5, 0.6) is 5.75 Å². The Hall–Kier alpha value is -1.65. The van der Waals surface area contributed by atoms with Crippen LogP contribution in [-0.4, -0.2) is 12.4 Å². The lowest BCUT2D eigenvalue weighted by atomic mass is 10.1. The van der Waals surface area contributed by atoms with Gasteiger partial charge in [-0.25, -0.2) is 4.99 Å². The summed E-state index contributed by atoms with van der Waals surface area (Å²) in [7, 11) is 0. The third kappa shape index (κ3) is 3.42. The Bertz CT molecular complexity index is 412. The van der Waals surface area contributed by atoms with E-state index in [1.54, 1.807) is 12.1 Å². The van der Waals surface area contributed by atoms with Crippen molar-refractivity contribution in [2.75, 3.05) is 0 Å². The maximum absolute atomic E-state index is 12.0. The number of benzene rings is 1. The highest BCUT2D eigenvalue weighted by Crippen LogP contribution is 2.26. The lowest BCUT2D eigenvalue weighted by molar-refractivity contribution is -0.0498. The maximum atomic E-state index is 12.0. The number of rotatable bonds is 4. The quantitative estimate of drug-likeness (QED) is 0.660. The number of nitrogens with zero attached hydrogens (tertiary/aromatic N) is 1. The van der Waals surface area contributed by atoms with Gasteiger partial charge in [0.15, 0.2) is 0 Å². The Morgan fingerprint density at radius 3 is 2.39 bits per heavy atom. The van der Waals surface area contributed by atoms with E-state index in [1.165, 1.54) is 25.0 Å². The van der Waals surface area contributed by atoms with Crippen molar-refractivity contribution in [3.8, 4) is 5.75 Å². The van der Waals surface area contributed by atoms with Crippen LogP contribution in [-0.2, 0) is 0 Å². The summed E-state index contributed by atoms with van der Waals surface area (Å²) in [5.41, 5.74) is 6.60. The van der Waals surface area contributed by atoms with Crippen LogP contribution in [0.4, 0.5) is 14.5 Å². The van der Waals surface area contributed by atoms with E-state index in [9.17, 15) is 8.78 Å². The Labute approximate surface area is 105 Å². The van der Waals surface area contributed by atoms with Crippen LogP contribution in [0.2, 0.25) is 0 Å². The second-order valence-electron chi connectivity index (χ2n) is 4.39. The molecule has 98 valence electrons. The maximum Gasteiger partial charge on any atom is 0.387 e. The lowest BCUT2D eigenvalue weighted by Crippen LogP contribution is -2.20. The molecule has 0 amide bonds. The SMILES string of the molecule is NC(=Nc1ccc(OC(F)F)cc1)C1CCCC1. The summed E-state index contributed by atoms with van der Waals surface area (Å²) >= 11 is 0. The van der Waals surface area contributed by atoms with Gasteiger partial charge in [0, 0.05) is 5.92 Å². The fourth-order valence-corrected chi connectivity index (χ4v) is 2.16. The molecule has 3 nitrogen and oxygen atoms in total. The topological polar surface area (TPSA) is 47.6 Å². The minimum Gasteiger partial charge on any atom is -0.435 e. The molecule has 5 heteroatoms. The zero-order valence-electron chi connectivity index (χ0n) is 9.98. The zero-order valence-corrected chi connectivity index (χ0v) is 9.98. The monoisotopic (exact) mass is 254 g/mol. The molecule has 1 aliphatic rings. The highest BCUT2D eigenvalue weighted by Gasteiger charge is 2.18. The van der Waals surface area contributed by atoms with Crippen molar-refractivity contribution >= 4 is 11.5 Å². The summed E-state index contributed by atoms with van der Waals surface area (Å²) < 4.78 is 28.2. The molecule has 0 bridgehead atoms. The number of nitrogens with two attached hydrogens (primary N) is 1. The standard InChI is InChI=1S/C13H16F2N2O/c14-13(15)18-11-7-5-10(6-8-11)17-12(16)9-3-1-2-4-9/h5-9,13H,1-4H2,(H2,16,17). The van der Waals surface area contributed by atoms with Gasteiger partial charge >= 0.3 is 6.61 Å². The number of amidine groups is 1. The van der Waals surface area contributed by atoms with Crippen molar-refractivity contribution in [3.63, 3.8) is 0 Å². The van der Waals surface area contributed by atoms with Gasteiger partial charge in [0.1, 0.15) is 11.6 Å². The van der Waals surface area contributed by atoms with E-state index >= 15 is 0 Å². The number of alkyl halides is 2. The van der Waals surface area contributed by atoms with Gasteiger partial charge in [-0.05, 0) is 37.1 Å². The second-order valence-corrected chi connectivity index (χ2v) is 4.39. The van der Waals surface area contributed by atoms with E-state index in [1.807, 2.05) is 0 Å². The third-order valence-electron chi connectivity index (χ3n) is 3.09. The number of hydrogen-bond acceptors (Lipinski definition) is 2. The van der Waals surface area contributed by atoms with Crippen LogP contribution < -0.4 is 10.5 Å². The van der Waals surface area contributed by atoms with E-state index < -0.39 is 6.61 Å². The average Bonchev–Trinajstić information content (AvgIpc) is 2.84. The Morgan fingerprint density at radius 1 is 1.22 bits per heavy atom. The van der Waals surface area contributed by atoms with Crippen LogP contribution in [0, 0.1) is 5.92 Å². The fourth-order valence-electron chi connectivity index (χ4n) is 2.16. The Morgan fingerprint density at radius 2 is 1.83 bits per heavy atom. The van der Waals surface area contributed by atoms with Gasteiger partial charge in [0.05, 0.1) is 5.69 Å². The molecule has 0 radical (unpaired) electrons. The highest BCUT2D eigenvalue weighted by molar-refractivity contribution is 5.85. The van der Waals surface area contributed by atoms with E-state index in [0.717, 1.165) is 12.8 Å². The van der Waals surface area contributed by atoms with Crippen molar-refractivity contribution < 1.29 is 13.5 Å². The Balaban J connectivity index is 2.02. The molecule has 0 saturated heterocycles. The number of aliphatic imine (C=N–C) groups is 1. The molecule has 0 atom stereocenters. The van der Waals surface area contributed by atoms with Crippen LogP contribution >= 0.6 is 0 Å². The number of hydrogen-bond donors (Lipinski definition) is 1. The van der Waals surface area contributed by atoms with Gasteiger partial charge in [-0.2, -0.15) is 8.78 Å². The lowest BCUT2D eigenvalue weighted by Gasteiger charge is -2.08. The summed E-state index contributed by atoms with van der Waals surface area (Å²) in [6.07, 6.45) is 4.56. The van der Waals surface area contributed by atoms with Gasteiger partial charge < -0.3 is 10.5 Å². The second kappa shape index (κ2) is 5.80. The van der Waals surface area contributed by atoms with Gasteiger partial charge in [-0.3, -0.25) is 0 Å². The molecule has 0 aliphatic heterocycles. The van der Waals surface area contributed by atoms with Gasteiger partial charge in [0.2, 0.25) is 0 Å². The summed E-state index contributed by atoms with van der Waals surface area (Å²) in [5, 5.41) is 0. The van der Waals surface area contributed by atoms with Crippen molar-refractivity contribution in [1.29, 1.82) is 0 Å². The van der Waals surface area contributed by atoms with Crippen LogP contribution in [0.25, 0.3) is 0 Å². The van der Waals surface area contributed by atoms with Crippen LogP contribution in [0.15, 0.2) is 29.3 Å². The molecular weight excluding hydrogens is 238 g/mol. The van der Waals surface area contributed by atoms with Gasteiger partial charge in [-0.15, -0.1) is 0 Å². The molecule has 18 heavy (non-hydrogen) atoms. The predicted octanol–water partition coefficient (Wildman–Crippen LogP) is 3.47. The summed E-state index contributed by atoms with van der Waals surface area (Å²) in [5.74, 6) is 1.13. The molecule has 0 aromatic heterocycles. The van der Waals surface area contributed by atoms with Crippen LogP contribution in [0.3, 0.4) is 0 Å². The average molecular weight is 254 g/mol. The molecule has 1 aliphatic carbocycles. The zero-order chi connectivity index (χ0) is 13.0. The first kappa shape index (κ1) is 12.8. The molecule has 2 rings (SSSR count). The predicted molar refractivity (Wildman–Crippen MR) is 66.3 cm³/mol. The van der Waals surface area contributed by atoms with Crippen molar-refractivity contribution in [2.45, 2.75) is 32.3 Å². The normalized spacial score (nSPS) is 17.4. The highest BCUT2D eigenvalue weighted by atomic mass is 19.3. The first-order valence-electron chi connectivity index (χ1n) is 6.04. The van der Waals surface area contributed by atoms with E-state index in [2.05, 4.69) is 9.73 Å². The van der Waals surface area contributed by atoms with Crippen molar-refractivity contribution in [1.82, 2.24) is 0 Å². The van der Waals surface area contributed by atoms with Gasteiger partial charge in [-0.1, -0.05) is 12.8 Å². The van der Waals surface area contributed by atoms with E-state index in [0.29, 0.717) is 17.4 Å². The minimum absolute atomic E-state index is 0.128. The largest absolute Gasteiger partial charge is 0.435 e. The van der Waals surface area contributed by atoms with Crippen LogP contribution in [0.1, 0.15) is 25.7 Å². The molecule has 2 N–H and O–H groups in total. The molecule has 1 saturated carbocycles. The molecule has 0 spiro atoms. The summed E-state index contributed by atoms with van der Waals surface area (Å²) in [6.45, 7) is -2.80. The molecule has 1 aromatic carbocycles. The third-order valence-corrected chi connectivity index (χ3v) is 3.09. The minimum atomic E-state index is -2.80. The molecule has 0 unspecified atom stereocenters. The van der Waals surface area contributed by atoms with Crippen molar-refractivity contribution in [3.05, 3.63) is 24.3 Å². The van der Waals surface area contributed by atoms with Crippen molar-refractivity contribution in [2.24, 2.45) is 16.6 Å². The van der Waals surface area contributed by atoms with E-state index in [4.69, 9.17) is 5.73 Å². The number of halogens is 2. The Kier molecular flexibility index (Phi) is 4.12. The molecule has 1 aromatic rings. The fraction of sp³-hybridized carbons (Fsp3) is 0.462.